The first-order valence-electron chi connectivity index (χ1n) is 8.59. The Balaban J connectivity index is 1.64. The maximum absolute atomic E-state index is 4.66. The predicted molar refractivity (Wildman–Crippen MR) is 96.5 cm³/mol. The molecule has 5 nitrogen and oxygen atoms in total. The minimum atomic E-state index is 1.03. The Bertz CT molecular complexity index is 672. The van der Waals surface area contributed by atoms with Crippen LogP contribution in [0.5, 0.6) is 0 Å². The second kappa shape index (κ2) is 6.34. The molecule has 0 atom stereocenters. The van der Waals surface area contributed by atoms with Crippen LogP contribution in [0.25, 0.3) is 10.8 Å². The Morgan fingerprint density at radius 1 is 0.913 bits per heavy atom. The quantitative estimate of drug-likeness (QED) is 0.907. The number of hydrogen-bond donors (Lipinski definition) is 1. The number of nitrogens with one attached hydrogen (secondary N) is 1. The van der Waals surface area contributed by atoms with Crippen LogP contribution < -0.4 is 15.1 Å². The summed E-state index contributed by atoms with van der Waals surface area (Å²) in [7, 11) is 2.20. The molecule has 0 aliphatic carbocycles. The highest BCUT2D eigenvalue weighted by atomic mass is 15.2. The van der Waals surface area contributed by atoms with E-state index in [2.05, 4.69) is 56.3 Å². The molecule has 0 spiro atoms. The highest BCUT2D eigenvalue weighted by Gasteiger charge is 2.17. The van der Waals surface area contributed by atoms with Crippen molar-refractivity contribution in [3.8, 4) is 0 Å². The van der Waals surface area contributed by atoms with Crippen molar-refractivity contribution >= 4 is 22.3 Å². The van der Waals surface area contributed by atoms with Crippen LogP contribution in [0.15, 0.2) is 30.5 Å². The molecular weight excluding hydrogens is 286 g/mol. The molecule has 2 fully saturated rings. The zero-order chi connectivity index (χ0) is 15.6. The van der Waals surface area contributed by atoms with Crippen LogP contribution in [0.3, 0.4) is 0 Å². The summed E-state index contributed by atoms with van der Waals surface area (Å²) in [5.74, 6) is 1.13. The summed E-state index contributed by atoms with van der Waals surface area (Å²) in [6.07, 6.45) is 1.95. The van der Waals surface area contributed by atoms with Crippen molar-refractivity contribution in [2.24, 2.45) is 0 Å². The van der Waals surface area contributed by atoms with Crippen LogP contribution in [0, 0.1) is 0 Å². The summed E-state index contributed by atoms with van der Waals surface area (Å²) in [5.41, 5.74) is 1.34. The third kappa shape index (κ3) is 2.99. The van der Waals surface area contributed by atoms with Gasteiger partial charge < -0.3 is 20.0 Å². The highest BCUT2D eigenvalue weighted by Crippen LogP contribution is 2.29. The first kappa shape index (κ1) is 14.7. The van der Waals surface area contributed by atoms with Gasteiger partial charge in [-0.2, -0.15) is 0 Å². The third-order valence-electron chi connectivity index (χ3n) is 5.01. The van der Waals surface area contributed by atoms with Gasteiger partial charge in [0.1, 0.15) is 5.82 Å². The first-order valence-corrected chi connectivity index (χ1v) is 8.59. The number of rotatable bonds is 2. The van der Waals surface area contributed by atoms with Crippen molar-refractivity contribution in [1.29, 1.82) is 0 Å². The Hall–Kier alpha value is -1.85. The maximum atomic E-state index is 4.66. The molecule has 2 saturated heterocycles. The van der Waals surface area contributed by atoms with Gasteiger partial charge in [0.25, 0.3) is 0 Å². The van der Waals surface area contributed by atoms with Crippen molar-refractivity contribution in [1.82, 2.24) is 15.2 Å². The van der Waals surface area contributed by atoms with E-state index in [1.807, 2.05) is 6.20 Å². The van der Waals surface area contributed by atoms with Crippen LogP contribution in [0.4, 0.5) is 11.5 Å². The Labute approximate surface area is 137 Å². The van der Waals surface area contributed by atoms with Gasteiger partial charge in [-0.25, -0.2) is 4.98 Å². The lowest BCUT2D eigenvalue weighted by atomic mass is 10.1. The number of aromatic nitrogens is 1. The van der Waals surface area contributed by atoms with E-state index in [9.17, 15) is 0 Å². The largest absolute Gasteiger partial charge is 0.369 e. The number of likely N-dealkylation sites (N-methyl/N-ethyl adjacent to an activating group) is 1. The maximum Gasteiger partial charge on any atom is 0.136 e. The summed E-state index contributed by atoms with van der Waals surface area (Å²) in [6.45, 7) is 8.64. The Kier molecular flexibility index (Phi) is 4.06. The average molecular weight is 311 g/mol. The van der Waals surface area contributed by atoms with E-state index in [1.165, 1.54) is 16.5 Å². The first-order chi connectivity index (χ1) is 11.3. The minimum Gasteiger partial charge on any atom is -0.369 e. The molecule has 2 aliphatic rings. The Morgan fingerprint density at radius 2 is 1.70 bits per heavy atom. The van der Waals surface area contributed by atoms with E-state index in [4.69, 9.17) is 0 Å². The molecule has 0 saturated carbocycles. The normalized spacial score (nSPS) is 20.2. The van der Waals surface area contributed by atoms with E-state index >= 15 is 0 Å². The van der Waals surface area contributed by atoms with Crippen molar-refractivity contribution in [3.63, 3.8) is 0 Å². The van der Waals surface area contributed by atoms with Gasteiger partial charge in [0.15, 0.2) is 0 Å². The van der Waals surface area contributed by atoms with Gasteiger partial charge in [-0.05, 0) is 36.7 Å². The van der Waals surface area contributed by atoms with Crippen molar-refractivity contribution in [2.75, 3.05) is 69.2 Å². The van der Waals surface area contributed by atoms with Gasteiger partial charge in [-0.15, -0.1) is 0 Å². The number of pyridine rings is 1. The summed E-state index contributed by atoms with van der Waals surface area (Å²) in [5, 5.41) is 5.98. The fourth-order valence-corrected chi connectivity index (χ4v) is 3.54. The lowest BCUT2D eigenvalue weighted by Gasteiger charge is -2.34. The highest BCUT2D eigenvalue weighted by molar-refractivity contribution is 5.94. The molecule has 122 valence electrons. The zero-order valence-electron chi connectivity index (χ0n) is 13.8. The van der Waals surface area contributed by atoms with E-state index in [0.29, 0.717) is 0 Å². The van der Waals surface area contributed by atoms with Crippen LogP contribution in [-0.2, 0) is 0 Å². The number of nitrogens with zero attached hydrogens (tertiary/aromatic N) is 4. The number of benzene rings is 1. The van der Waals surface area contributed by atoms with E-state index in [-0.39, 0.29) is 0 Å². The molecule has 0 amide bonds. The molecule has 4 rings (SSSR count). The summed E-state index contributed by atoms with van der Waals surface area (Å²) >= 11 is 0. The summed E-state index contributed by atoms with van der Waals surface area (Å²) < 4.78 is 0. The molecule has 1 N–H and O–H groups in total. The van der Waals surface area contributed by atoms with Crippen molar-refractivity contribution in [3.05, 3.63) is 30.5 Å². The second-order valence-corrected chi connectivity index (χ2v) is 6.57. The zero-order valence-corrected chi connectivity index (χ0v) is 13.8. The van der Waals surface area contributed by atoms with Crippen LogP contribution in [0.1, 0.15) is 0 Å². The topological polar surface area (TPSA) is 34.6 Å². The van der Waals surface area contributed by atoms with E-state index in [1.54, 1.807) is 0 Å². The molecule has 0 radical (unpaired) electrons. The fourth-order valence-electron chi connectivity index (χ4n) is 3.54. The number of hydrogen-bond acceptors (Lipinski definition) is 5. The fraction of sp³-hybridized carbons (Fsp3) is 0.500. The average Bonchev–Trinajstić information content (AvgIpc) is 2.62. The lowest BCUT2D eigenvalue weighted by Crippen LogP contribution is -2.44. The molecule has 2 aliphatic heterocycles. The van der Waals surface area contributed by atoms with Crippen LogP contribution in [-0.4, -0.2) is 69.3 Å². The minimum absolute atomic E-state index is 1.03. The Morgan fingerprint density at radius 3 is 2.48 bits per heavy atom. The van der Waals surface area contributed by atoms with E-state index < -0.39 is 0 Å². The molecule has 0 unspecified atom stereocenters. The van der Waals surface area contributed by atoms with Crippen molar-refractivity contribution in [2.45, 2.75) is 0 Å². The standard InChI is InChI=1S/C18H25N5/c1-21-10-12-22(13-11-21)16-2-3-17-15(14-16)4-5-20-18(17)23-8-6-19-7-9-23/h2-5,14,19H,6-13H2,1H3. The number of anilines is 2. The van der Waals surface area contributed by atoms with Gasteiger partial charge in [-0.1, -0.05) is 0 Å². The van der Waals surface area contributed by atoms with E-state index in [0.717, 1.165) is 58.2 Å². The van der Waals surface area contributed by atoms with Gasteiger partial charge in [-0.3, -0.25) is 0 Å². The summed E-state index contributed by atoms with van der Waals surface area (Å²) in [6, 6.07) is 8.99. The number of fused-ring (bicyclic) bond motifs is 1. The number of piperazine rings is 2. The van der Waals surface area contributed by atoms with Gasteiger partial charge >= 0.3 is 0 Å². The molecule has 2 aromatic rings. The van der Waals surface area contributed by atoms with Crippen LogP contribution in [0.2, 0.25) is 0 Å². The molecule has 5 heteroatoms. The molecule has 3 heterocycles. The molecule has 1 aromatic carbocycles. The SMILES string of the molecule is CN1CCN(c2ccc3c(N4CCNCC4)nccc3c2)CC1. The molecule has 1 aromatic heterocycles. The molecule has 0 bridgehead atoms. The van der Waals surface area contributed by atoms with Gasteiger partial charge in [0.05, 0.1) is 0 Å². The molecule has 23 heavy (non-hydrogen) atoms. The van der Waals surface area contributed by atoms with Gasteiger partial charge in [0, 0.05) is 69.6 Å². The van der Waals surface area contributed by atoms with Gasteiger partial charge in [0.2, 0.25) is 0 Å². The van der Waals surface area contributed by atoms with Crippen molar-refractivity contribution < 1.29 is 0 Å². The lowest BCUT2D eigenvalue weighted by molar-refractivity contribution is 0.313. The third-order valence-corrected chi connectivity index (χ3v) is 5.01. The monoisotopic (exact) mass is 311 g/mol. The predicted octanol–water partition coefficient (Wildman–Crippen LogP) is 1.40. The molecular formula is C18H25N5. The smallest absolute Gasteiger partial charge is 0.136 e. The van der Waals surface area contributed by atoms with Crippen LogP contribution >= 0.6 is 0 Å². The second-order valence-electron chi connectivity index (χ2n) is 6.57. The summed E-state index contributed by atoms with van der Waals surface area (Å²) in [4.78, 5) is 11.9.